The number of methoxy groups -OCH3 is 1. The molecule has 1 saturated heterocycles. The highest BCUT2D eigenvalue weighted by atomic mass is 16.5. The van der Waals surface area contributed by atoms with Gasteiger partial charge in [0.25, 0.3) is 0 Å². The van der Waals surface area contributed by atoms with Crippen LogP contribution in [0.15, 0.2) is 16.5 Å². The summed E-state index contributed by atoms with van der Waals surface area (Å²) in [6, 6.07) is 2.97. The summed E-state index contributed by atoms with van der Waals surface area (Å²) in [5, 5.41) is 0. The second-order valence-electron chi connectivity index (χ2n) is 3.91. The Kier molecular flexibility index (Phi) is 3.58. The lowest BCUT2D eigenvalue weighted by molar-refractivity contribution is 0.0513. The maximum absolute atomic E-state index is 12.0. The van der Waals surface area contributed by atoms with Gasteiger partial charge in [-0.25, -0.2) is 4.79 Å². The van der Waals surface area contributed by atoms with Crippen LogP contribution >= 0.6 is 0 Å². The van der Waals surface area contributed by atoms with Gasteiger partial charge in [-0.05, 0) is 25.0 Å². The number of carbonyl (C=O) groups excluding carboxylic acids is 2. The van der Waals surface area contributed by atoms with E-state index in [-0.39, 0.29) is 23.2 Å². The van der Waals surface area contributed by atoms with Crippen molar-refractivity contribution < 1.29 is 23.5 Å². The Morgan fingerprint density at radius 2 is 1.88 bits per heavy atom. The summed E-state index contributed by atoms with van der Waals surface area (Å²) < 4.78 is 14.9. The summed E-state index contributed by atoms with van der Waals surface area (Å²) in [6.07, 6.45) is 1.40. The molecule has 1 aromatic heterocycles. The van der Waals surface area contributed by atoms with Gasteiger partial charge in [-0.3, -0.25) is 4.79 Å². The van der Waals surface area contributed by atoms with Gasteiger partial charge in [-0.2, -0.15) is 0 Å². The van der Waals surface area contributed by atoms with Crippen LogP contribution in [0.25, 0.3) is 0 Å². The third-order valence-electron chi connectivity index (χ3n) is 2.83. The highest BCUT2D eigenvalue weighted by Gasteiger charge is 2.26. The molecule has 0 saturated carbocycles. The highest BCUT2D eigenvalue weighted by Crippen LogP contribution is 2.21. The van der Waals surface area contributed by atoms with E-state index in [9.17, 15) is 9.59 Å². The van der Waals surface area contributed by atoms with E-state index in [1.54, 1.807) is 0 Å². The van der Waals surface area contributed by atoms with Gasteiger partial charge in [-0.1, -0.05) is 0 Å². The molecule has 0 unspecified atom stereocenters. The Morgan fingerprint density at radius 1 is 1.24 bits per heavy atom. The number of ketones is 1. The predicted molar refractivity (Wildman–Crippen MR) is 57.9 cm³/mol. The highest BCUT2D eigenvalue weighted by molar-refractivity contribution is 5.96. The van der Waals surface area contributed by atoms with E-state index in [1.807, 2.05) is 0 Å². The Labute approximate surface area is 98.7 Å². The molecular formula is C12H14O5. The topological polar surface area (TPSA) is 65.7 Å². The van der Waals surface area contributed by atoms with Gasteiger partial charge in [-0.15, -0.1) is 0 Å². The van der Waals surface area contributed by atoms with E-state index in [0.29, 0.717) is 26.1 Å². The first-order valence-electron chi connectivity index (χ1n) is 5.52. The number of furan rings is 1. The first-order chi connectivity index (χ1) is 8.22. The minimum atomic E-state index is -0.573. The van der Waals surface area contributed by atoms with Gasteiger partial charge >= 0.3 is 5.97 Å². The minimum Gasteiger partial charge on any atom is -0.463 e. The van der Waals surface area contributed by atoms with E-state index in [2.05, 4.69) is 4.74 Å². The van der Waals surface area contributed by atoms with Crippen molar-refractivity contribution in [1.82, 2.24) is 0 Å². The third-order valence-corrected chi connectivity index (χ3v) is 2.83. The number of Topliss-reactive ketones (excluding diaryl/α,β-unsaturated/α-hetero) is 1. The number of esters is 1. The van der Waals surface area contributed by atoms with Gasteiger partial charge in [0.05, 0.1) is 7.11 Å². The Hall–Kier alpha value is -1.62. The fourth-order valence-electron chi connectivity index (χ4n) is 1.84. The molecule has 0 atom stereocenters. The summed E-state index contributed by atoms with van der Waals surface area (Å²) in [4.78, 5) is 23.2. The molecule has 5 nitrogen and oxygen atoms in total. The van der Waals surface area contributed by atoms with Crippen LogP contribution in [-0.4, -0.2) is 32.1 Å². The SMILES string of the molecule is COC(=O)c1ccc(C(=O)C2CCOCC2)o1. The zero-order chi connectivity index (χ0) is 12.3. The van der Waals surface area contributed by atoms with Crippen LogP contribution < -0.4 is 0 Å². The van der Waals surface area contributed by atoms with Gasteiger partial charge in [0.2, 0.25) is 11.5 Å². The van der Waals surface area contributed by atoms with Crippen LogP contribution in [0.3, 0.4) is 0 Å². The van der Waals surface area contributed by atoms with Crippen LogP contribution in [-0.2, 0) is 9.47 Å². The molecular weight excluding hydrogens is 224 g/mol. The maximum Gasteiger partial charge on any atom is 0.373 e. The molecule has 0 amide bonds. The lowest BCUT2D eigenvalue weighted by Gasteiger charge is -2.19. The Morgan fingerprint density at radius 3 is 2.53 bits per heavy atom. The summed E-state index contributed by atoms with van der Waals surface area (Å²) in [7, 11) is 1.27. The molecule has 0 radical (unpaired) electrons. The van der Waals surface area contributed by atoms with Crippen LogP contribution in [0, 0.1) is 5.92 Å². The van der Waals surface area contributed by atoms with Crippen molar-refractivity contribution in [2.24, 2.45) is 5.92 Å². The molecule has 0 N–H and O–H groups in total. The molecule has 92 valence electrons. The average Bonchev–Trinajstić information content (AvgIpc) is 2.87. The average molecular weight is 238 g/mol. The maximum atomic E-state index is 12.0. The molecule has 1 fully saturated rings. The molecule has 17 heavy (non-hydrogen) atoms. The minimum absolute atomic E-state index is 0.0582. The fraction of sp³-hybridized carbons (Fsp3) is 0.500. The number of ether oxygens (including phenoxy) is 2. The van der Waals surface area contributed by atoms with Crippen molar-refractivity contribution in [3.8, 4) is 0 Å². The number of hydrogen-bond acceptors (Lipinski definition) is 5. The van der Waals surface area contributed by atoms with E-state index >= 15 is 0 Å². The second kappa shape index (κ2) is 5.14. The molecule has 1 aromatic rings. The first-order valence-corrected chi connectivity index (χ1v) is 5.52. The summed E-state index contributed by atoms with van der Waals surface area (Å²) in [5.74, 6) is -0.430. The quantitative estimate of drug-likeness (QED) is 0.592. The summed E-state index contributed by atoms with van der Waals surface area (Å²) in [6.45, 7) is 1.20. The fourth-order valence-corrected chi connectivity index (χ4v) is 1.84. The van der Waals surface area contributed by atoms with Crippen molar-refractivity contribution in [3.05, 3.63) is 23.7 Å². The standard InChI is InChI=1S/C12H14O5/c1-15-12(14)10-3-2-9(17-10)11(13)8-4-6-16-7-5-8/h2-3,8H,4-7H2,1H3. The molecule has 0 aromatic carbocycles. The molecule has 1 aliphatic rings. The van der Waals surface area contributed by atoms with Crippen LogP contribution in [0.5, 0.6) is 0 Å². The summed E-state index contributed by atoms with van der Waals surface area (Å²) >= 11 is 0. The number of rotatable bonds is 3. The zero-order valence-corrected chi connectivity index (χ0v) is 9.60. The second-order valence-corrected chi connectivity index (χ2v) is 3.91. The van der Waals surface area contributed by atoms with Gasteiger partial charge in [0, 0.05) is 19.1 Å². The molecule has 5 heteroatoms. The van der Waals surface area contributed by atoms with Crippen LogP contribution in [0.1, 0.15) is 34.0 Å². The third kappa shape index (κ3) is 2.55. The molecule has 0 spiro atoms. The molecule has 2 rings (SSSR count). The van der Waals surface area contributed by atoms with Gasteiger partial charge < -0.3 is 13.9 Å². The van der Waals surface area contributed by atoms with E-state index < -0.39 is 5.97 Å². The van der Waals surface area contributed by atoms with Crippen LogP contribution in [0.4, 0.5) is 0 Å². The molecule has 1 aliphatic heterocycles. The lowest BCUT2D eigenvalue weighted by atomic mass is 9.94. The number of hydrogen-bond donors (Lipinski definition) is 0. The van der Waals surface area contributed by atoms with Crippen molar-refractivity contribution in [2.45, 2.75) is 12.8 Å². The largest absolute Gasteiger partial charge is 0.463 e. The monoisotopic (exact) mass is 238 g/mol. The van der Waals surface area contributed by atoms with Gasteiger partial charge in [0.15, 0.2) is 5.76 Å². The molecule has 2 heterocycles. The first kappa shape index (κ1) is 11.9. The van der Waals surface area contributed by atoms with E-state index in [4.69, 9.17) is 9.15 Å². The smallest absolute Gasteiger partial charge is 0.373 e. The number of carbonyl (C=O) groups is 2. The zero-order valence-electron chi connectivity index (χ0n) is 9.60. The molecule has 0 bridgehead atoms. The van der Waals surface area contributed by atoms with Gasteiger partial charge in [0.1, 0.15) is 0 Å². The van der Waals surface area contributed by atoms with Crippen molar-refractivity contribution in [2.75, 3.05) is 20.3 Å². The Balaban J connectivity index is 2.08. The van der Waals surface area contributed by atoms with Crippen molar-refractivity contribution >= 4 is 11.8 Å². The van der Waals surface area contributed by atoms with Crippen molar-refractivity contribution in [1.29, 1.82) is 0 Å². The predicted octanol–water partition coefficient (Wildman–Crippen LogP) is 1.68. The van der Waals surface area contributed by atoms with Crippen molar-refractivity contribution in [3.63, 3.8) is 0 Å². The lowest BCUT2D eigenvalue weighted by Crippen LogP contribution is -2.23. The molecule has 0 aliphatic carbocycles. The summed E-state index contributed by atoms with van der Waals surface area (Å²) in [5.41, 5.74) is 0. The normalized spacial score (nSPS) is 16.8. The Bertz CT molecular complexity index is 414. The van der Waals surface area contributed by atoms with E-state index in [0.717, 1.165) is 0 Å². The van der Waals surface area contributed by atoms with E-state index in [1.165, 1.54) is 19.2 Å². The van der Waals surface area contributed by atoms with Crippen LogP contribution in [0.2, 0.25) is 0 Å².